The van der Waals surface area contributed by atoms with E-state index in [-0.39, 0.29) is 48.8 Å². The number of likely N-dealkylation sites (tertiary alicyclic amines) is 1. The van der Waals surface area contributed by atoms with Crippen molar-refractivity contribution in [3.8, 4) is 0 Å². The Morgan fingerprint density at radius 1 is 1.30 bits per heavy atom. The van der Waals surface area contributed by atoms with Gasteiger partial charge in [-0.1, -0.05) is 24.3 Å². The van der Waals surface area contributed by atoms with E-state index in [2.05, 4.69) is 0 Å². The van der Waals surface area contributed by atoms with Crippen LogP contribution >= 0.6 is 11.8 Å². The van der Waals surface area contributed by atoms with E-state index < -0.39 is 22.6 Å². The fourth-order valence-electron chi connectivity index (χ4n) is 4.80. The number of esters is 1. The average molecular weight is 392 g/mol. The van der Waals surface area contributed by atoms with Gasteiger partial charge in [0.15, 0.2) is 0 Å². The molecule has 4 aliphatic heterocycles. The van der Waals surface area contributed by atoms with Crippen molar-refractivity contribution in [2.75, 3.05) is 26.3 Å². The molecule has 2 fully saturated rings. The molecule has 2 saturated heterocycles. The molecule has 27 heavy (non-hydrogen) atoms. The van der Waals surface area contributed by atoms with Crippen LogP contribution in [0.5, 0.6) is 0 Å². The molecule has 146 valence electrons. The van der Waals surface area contributed by atoms with Gasteiger partial charge in [-0.3, -0.25) is 14.4 Å². The number of hydrogen-bond acceptors (Lipinski definition) is 6. The van der Waals surface area contributed by atoms with Crippen molar-refractivity contribution >= 4 is 29.5 Å². The average Bonchev–Trinajstić information content (AvgIpc) is 2.90. The van der Waals surface area contributed by atoms with Crippen LogP contribution < -0.4 is 0 Å². The Bertz CT molecular complexity index is 736. The van der Waals surface area contributed by atoms with Gasteiger partial charge in [-0.2, -0.15) is 0 Å². The molecule has 0 aromatic carbocycles. The van der Waals surface area contributed by atoms with Crippen molar-refractivity contribution in [2.45, 2.75) is 35.9 Å². The van der Waals surface area contributed by atoms with Crippen LogP contribution in [0, 0.1) is 11.8 Å². The largest absolute Gasteiger partial charge is 0.461 e. The van der Waals surface area contributed by atoms with Crippen LogP contribution in [-0.2, 0) is 19.1 Å². The molecule has 0 aliphatic carbocycles. The number of rotatable bonds is 3. The van der Waals surface area contributed by atoms with Gasteiger partial charge in [0.25, 0.3) is 0 Å². The topological polar surface area (TPSA) is 87.2 Å². The first-order valence-electron chi connectivity index (χ1n) is 9.33. The molecular formula is C19H24N2O5S. The second-order valence-corrected chi connectivity index (χ2v) is 9.13. The summed E-state index contributed by atoms with van der Waals surface area (Å²) < 4.78 is 4.47. The predicted molar refractivity (Wildman–Crippen MR) is 99.8 cm³/mol. The summed E-state index contributed by atoms with van der Waals surface area (Å²) in [6.45, 7) is 4.42. The number of carbonyl (C=O) groups excluding carboxylic acids is 3. The van der Waals surface area contributed by atoms with E-state index in [0.29, 0.717) is 6.54 Å². The maximum Gasteiger partial charge on any atom is 0.311 e. The first-order chi connectivity index (χ1) is 12.9. The standard InChI is InChI=1S/C19H24N2O5S/c1-11(2)20-7-4-6-19-14(13-12(27-19)5-3-10-26-18(13)25)16(23)21(8-9-22)15(19)17(20)24/h3-6,11-15,22H,7-10H2,1-2H3/t12-,13+,14-,15?,19-/m0/s1. The van der Waals surface area contributed by atoms with Crippen LogP contribution in [0.2, 0.25) is 0 Å². The van der Waals surface area contributed by atoms with E-state index in [9.17, 15) is 19.5 Å². The zero-order valence-corrected chi connectivity index (χ0v) is 16.2. The van der Waals surface area contributed by atoms with Crippen LogP contribution in [0.4, 0.5) is 0 Å². The maximum absolute atomic E-state index is 13.5. The van der Waals surface area contributed by atoms with Gasteiger partial charge in [0.05, 0.1) is 23.2 Å². The minimum atomic E-state index is -0.816. The Balaban J connectivity index is 1.85. The summed E-state index contributed by atoms with van der Waals surface area (Å²) in [7, 11) is 0. The molecule has 8 heteroatoms. The minimum absolute atomic E-state index is 0.0100. The van der Waals surface area contributed by atoms with Crippen molar-refractivity contribution in [1.82, 2.24) is 9.80 Å². The molecule has 0 radical (unpaired) electrons. The van der Waals surface area contributed by atoms with Crippen molar-refractivity contribution in [1.29, 1.82) is 0 Å². The lowest BCUT2D eigenvalue weighted by molar-refractivity contribution is -0.151. The summed E-state index contributed by atoms with van der Waals surface area (Å²) in [5, 5.41) is 9.31. The number of aliphatic hydroxyl groups excluding tert-OH is 1. The van der Waals surface area contributed by atoms with Gasteiger partial charge in [-0.25, -0.2) is 0 Å². The smallest absolute Gasteiger partial charge is 0.311 e. The fourth-order valence-corrected chi connectivity index (χ4v) is 6.80. The van der Waals surface area contributed by atoms with Gasteiger partial charge in [-0.15, -0.1) is 11.8 Å². The monoisotopic (exact) mass is 392 g/mol. The number of ether oxygens (including phenoxy) is 1. The van der Waals surface area contributed by atoms with Crippen molar-refractivity contribution in [3.63, 3.8) is 0 Å². The van der Waals surface area contributed by atoms with Gasteiger partial charge in [0.2, 0.25) is 11.8 Å². The number of nitrogens with zero attached hydrogens (tertiary/aromatic N) is 2. The third-order valence-electron chi connectivity index (χ3n) is 5.91. The van der Waals surface area contributed by atoms with E-state index in [1.807, 2.05) is 32.1 Å². The second-order valence-electron chi connectivity index (χ2n) is 7.64. The Labute approximate surface area is 162 Å². The normalized spacial score (nSPS) is 37.9. The van der Waals surface area contributed by atoms with Crippen molar-refractivity contribution < 1.29 is 24.2 Å². The molecule has 7 nitrogen and oxygen atoms in total. The summed E-state index contributed by atoms with van der Waals surface area (Å²) in [4.78, 5) is 42.7. The number of fused-ring (bicyclic) bond motifs is 2. The van der Waals surface area contributed by atoms with E-state index >= 15 is 0 Å². The Morgan fingerprint density at radius 2 is 2.07 bits per heavy atom. The molecule has 5 atom stereocenters. The highest BCUT2D eigenvalue weighted by Crippen LogP contribution is 2.60. The summed E-state index contributed by atoms with van der Waals surface area (Å²) in [6, 6.07) is -0.731. The lowest BCUT2D eigenvalue weighted by Gasteiger charge is -2.36. The third kappa shape index (κ3) is 2.56. The third-order valence-corrected chi connectivity index (χ3v) is 7.65. The van der Waals surface area contributed by atoms with Gasteiger partial charge in [0.1, 0.15) is 12.6 Å². The van der Waals surface area contributed by atoms with Crippen LogP contribution in [-0.4, -0.2) is 81.1 Å². The lowest BCUT2D eigenvalue weighted by atomic mass is 9.78. The molecule has 4 aliphatic rings. The molecule has 4 heterocycles. The van der Waals surface area contributed by atoms with Gasteiger partial charge in [-0.05, 0) is 13.8 Å². The molecule has 1 N–H and O–H groups in total. The van der Waals surface area contributed by atoms with Crippen LogP contribution in [0.25, 0.3) is 0 Å². The summed E-state index contributed by atoms with van der Waals surface area (Å²) in [6.07, 6.45) is 7.63. The quantitative estimate of drug-likeness (QED) is 0.545. The number of carbonyl (C=O) groups is 3. The van der Waals surface area contributed by atoms with E-state index in [1.54, 1.807) is 11.0 Å². The molecule has 0 aromatic rings. The summed E-state index contributed by atoms with van der Waals surface area (Å²) in [5.41, 5.74) is 0. The van der Waals surface area contributed by atoms with Gasteiger partial charge < -0.3 is 19.6 Å². The lowest BCUT2D eigenvalue weighted by Crippen LogP contribution is -2.54. The van der Waals surface area contributed by atoms with Crippen LogP contribution in [0.15, 0.2) is 24.3 Å². The molecule has 2 amide bonds. The van der Waals surface area contributed by atoms with E-state index in [1.165, 1.54) is 16.7 Å². The zero-order chi connectivity index (χ0) is 19.3. The molecule has 1 spiro atoms. The molecule has 0 bridgehead atoms. The van der Waals surface area contributed by atoms with E-state index in [4.69, 9.17) is 4.74 Å². The van der Waals surface area contributed by atoms with Gasteiger partial charge >= 0.3 is 5.97 Å². The summed E-state index contributed by atoms with van der Waals surface area (Å²) >= 11 is 1.51. The Hall–Kier alpha value is -1.80. The van der Waals surface area contributed by atoms with E-state index in [0.717, 1.165) is 0 Å². The maximum atomic E-state index is 13.5. The Kier molecular flexibility index (Phi) is 4.58. The van der Waals surface area contributed by atoms with Crippen LogP contribution in [0.3, 0.4) is 0 Å². The number of thioether (sulfide) groups is 1. The highest BCUT2D eigenvalue weighted by molar-refractivity contribution is 8.02. The number of aliphatic hydroxyl groups is 1. The number of β-amino-alcohol motifs (C(OH)–C–C–N with tert-alkyl or cyclic N) is 1. The van der Waals surface area contributed by atoms with Crippen LogP contribution in [0.1, 0.15) is 13.8 Å². The zero-order valence-electron chi connectivity index (χ0n) is 15.4. The van der Waals surface area contributed by atoms with Crippen molar-refractivity contribution in [2.24, 2.45) is 11.8 Å². The summed E-state index contributed by atoms with van der Waals surface area (Å²) in [5.74, 6) is -2.03. The highest BCUT2D eigenvalue weighted by atomic mass is 32.2. The Morgan fingerprint density at radius 3 is 2.78 bits per heavy atom. The highest BCUT2D eigenvalue weighted by Gasteiger charge is 2.71. The molecule has 4 rings (SSSR count). The van der Waals surface area contributed by atoms with Gasteiger partial charge in [0, 0.05) is 24.4 Å². The molecule has 1 unspecified atom stereocenters. The number of amides is 2. The predicted octanol–water partition coefficient (Wildman–Crippen LogP) is 0.196. The molecule has 0 aromatic heterocycles. The van der Waals surface area contributed by atoms with Crippen molar-refractivity contribution in [3.05, 3.63) is 24.3 Å². The second kappa shape index (κ2) is 6.67. The fraction of sp³-hybridized carbons (Fsp3) is 0.632. The number of hydrogen-bond donors (Lipinski definition) is 1. The SMILES string of the molecule is CC(C)N1CC=C[C@]23S[C@H]4C=CCOC(=O)[C@H]4[C@H]2C(=O)N(CCO)C3C1=O. The first-order valence-corrected chi connectivity index (χ1v) is 10.2. The minimum Gasteiger partial charge on any atom is -0.461 e. The number of cyclic esters (lactones) is 1. The molecule has 0 saturated carbocycles. The molecular weight excluding hydrogens is 368 g/mol. The first kappa shape index (κ1) is 18.6.